The van der Waals surface area contributed by atoms with Gasteiger partial charge in [-0.25, -0.2) is 4.39 Å². The third-order valence-corrected chi connectivity index (χ3v) is 4.62. The largest absolute Gasteiger partial charge is 0.372 e. The highest BCUT2D eigenvalue weighted by Crippen LogP contribution is 2.33. The molecule has 1 fully saturated rings. The fourth-order valence-electron chi connectivity index (χ4n) is 3.49. The minimum Gasteiger partial charge on any atom is -0.372 e. The van der Waals surface area contributed by atoms with Gasteiger partial charge in [-0.05, 0) is 31.5 Å². The maximum Gasteiger partial charge on any atom is 0.206 e. The second kappa shape index (κ2) is 6.96. The van der Waals surface area contributed by atoms with E-state index in [0.29, 0.717) is 36.5 Å². The Morgan fingerprint density at radius 3 is 2.58 bits per heavy atom. The Morgan fingerprint density at radius 2 is 1.85 bits per heavy atom. The van der Waals surface area contributed by atoms with Gasteiger partial charge in [0.1, 0.15) is 0 Å². The van der Waals surface area contributed by atoms with Crippen molar-refractivity contribution < 1.29 is 13.7 Å². The molecule has 0 aliphatic carbocycles. The lowest BCUT2D eigenvalue weighted by Crippen LogP contribution is -2.45. The molecule has 1 aliphatic heterocycles. The van der Waals surface area contributed by atoms with E-state index in [4.69, 9.17) is 9.26 Å². The predicted molar refractivity (Wildman–Crippen MR) is 100.0 cm³/mol. The lowest BCUT2D eigenvalue weighted by atomic mass is 10.1. The molecule has 0 saturated carbocycles. The number of nitrogens with zero attached hydrogens (tertiary/aromatic N) is 2. The quantitative estimate of drug-likeness (QED) is 0.760. The summed E-state index contributed by atoms with van der Waals surface area (Å²) in [5.74, 6) is 0.182. The van der Waals surface area contributed by atoms with Crippen LogP contribution in [0.1, 0.15) is 19.4 Å². The van der Waals surface area contributed by atoms with E-state index in [1.54, 1.807) is 6.07 Å². The molecule has 1 saturated heterocycles. The highest BCUT2D eigenvalue weighted by Gasteiger charge is 2.26. The third kappa shape index (κ3) is 3.24. The van der Waals surface area contributed by atoms with Crippen molar-refractivity contribution in [2.24, 2.45) is 0 Å². The molecule has 0 unspecified atom stereocenters. The highest BCUT2D eigenvalue weighted by molar-refractivity contribution is 5.91. The SMILES string of the molecule is C[C@@H]1CN(c2ccc3c(NCc4ccccc4)noc3c2F)C[C@H](C)O1. The molecule has 5 nitrogen and oxygen atoms in total. The number of ether oxygens (including phenoxy) is 1. The molecular formula is C20H22FN3O2. The van der Waals surface area contributed by atoms with Crippen LogP contribution in [-0.2, 0) is 11.3 Å². The average Bonchev–Trinajstić information content (AvgIpc) is 3.04. The molecule has 4 rings (SSSR count). The van der Waals surface area contributed by atoms with Crippen LogP contribution in [0, 0.1) is 5.82 Å². The van der Waals surface area contributed by atoms with E-state index in [1.165, 1.54) is 0 Å². The number of halogens is 1. The summed E-state index contributed by atoms with van der Waals surface area (Å²) in [7, 11) is 0. The normalized spacial score (nSPS) is 20.5. The number of hydrogen-bond acceptors (Lipinski definition) is 5. The smallest absolute Gasteiger partial charge is 0.206 e. The summed E-state index contributed by atoms with van der Waals surface area (Å²) in [5.41, 5.74) is 1.84. The Balaban J connectivity index is 1.59. The van der Waals surface area contributed by atoms with Crippen LogP contribution < -0.4 is 10.2 Å². The Kier molecular flexibility index (Phi) is 4.51. The number of aromatic nitrogens is 1. The van der Waals surface area contributed by atoms with Crippen LogP contribution >= 0.6 is 0 Å². The van der Waals surface area contributed by atoms with Gasteiger partial charge in [-0.15, -0.1) is 0 Å². The van der Waals surface area contributed by atoms with Crippen LogP contribution in [0.2, 0.25) is 0 Å². The second-order valence-electron chi connectivity index (χ2n) is 6.81. The third-order valence-electron chi connectivity index (χ3n) is 4.62. The fraction of sp³-hybridized carbons (Fsp3) is 0.350. The zero-order valence-electron chi connectivity index (χ0n) is 14.9. The summed E-state index contributed by atoms with van der Waals surface area (Å²) in [6.07, 6.45) is 0.123. The van der Waals surface area contributed by atoms with Crippen molar-refractivity contribution in [3.05, 3.63) is 53.8 Å². The molecule has 1 aromatic heterocycles. The van der Waals surface area contributed by atoms with Crippen LogP contribution in [0.5, 0.6) is 0 Å². The summed E-state index contributed by atoms with van der Waals surface area (Å²) in [5, 5.41) is 7.89. The van der Waals surface area contributed by atoms with E-state index in [-0.39, 0.29) is 23.6 Å². The highest BCUT2D eigenvalue weighted by atomic mass is 19.1. The van der Waals surface area contributed by atoms with Crippen LogP contribution in [0.4, 0.5) is 15.9 Å². The Bertz CT molecular complexity index is 887. The predicted octanol–water partition coefficient (Wildman–Crippen LogP) is 4.19. The van der Waals surface area contributed by atoms with Gasteiger partial charge in [-0.2, -0.15) is 0 Å². The molecule has 2 heterocycles. The molecule has 0 spiro atoms. The first-order valence-corrected chi connectivity index (χ1v) is 8.88. The van der Waals surface area contributed by atoms with Gasteiger partial charge in [0.05, 0.1) is 23.3 Å². The standard InChI is InChI=1S/C20H22FN3O2/c1-13-11-24(12-14(2)25-13)17-9-8-16-19(18(17)21)26-23-20(16)22-10-15-6-4-3-5-7-15/h3-9,13-14H,10-12H2,1-2H3,(H,22,23)/t13-,14+. The van der Waals surface area contributed by atoms with Gasteiger partial charge in [0.2, 0.25) is 5.58 Å². The minimum absolute atomic E-state index is 0.0617. The number of morpholine rings is 1. The van der Waals surface area contributed by atoms with E-state index in [1.807, 2.05) is 55.1 Å². The van der Waals surface area contributed by atoms with Gasteiger partial charge in [0.25, 0.3) is 0 Å². The zero-order chi connectivity index (χ0) is 18.1. The van der Waals surface area contributed by atoms with Crippen LogP contribution in [0.25, 0.3) is 11.0 Å². The average molecular weight is 355 g/mol. The molecule has 0 amide bonds. The molecule has 136 valence electrons. The Hall–Kier alpha value is -2.60. The van der Waals surface area contributed by atoms with Crippen molar-refractivity contribution in [3.8, 4) is 0 Å². The molecule has 0 radical (unpaired) electrons. The number of benzene rings is 2. The molecule has 2 atom stereocenters. The first-order chi connectivity index (χ1) is 12.6. The summed E-state index contributed by atoms with van der Waals surface area (Å²) in [4.78, 5) is 2.01. The van der Waals surface area contributed by atoms with Gasteiger partial charge in [0.15, 0.2) is 11.6 Å². The first-order valence-electron chi connectivity index (χ1n) is 8.88. The topological polar surface area (TPSA) is 50.5 Å². The number of nitrogens with one attached hydrogen (secondary N) is 1. The van der Waals surface area contributed by atoms with E-state index in [2.05, 4.69) is 10.5 Å². The fourth-order valence-corrected chi connectivity index (χ4v) is 3.49. The summed E-state index contributed by atoms with van der Waals surface area (Å²) >= 11 is 0. The number of hydrogen-bond donors (Lipinski definition) is 1. The number of rotatable bonds is 4. The van der Waals surface area contributed by atoms with Crippen molar-refractivity contribution in [2.45, 2.75) is 32.6 Å². The van der Waals surface area contributed by atoms with Crippen molar-refractivity contribution in [2.75, 3.05) is 23.3 Å². The van der Waals surface area contributed by atoms with E-state index < -0.39 is 0 Å². The Morgan fingerprint density at radius 1 is 1.12 bits per heavy atom. The van der Waals surface area contributed by atoms with Gasteiger partial charge < -0.3 is 19.5 Å². The van der Waals surface area contributed by atoms with E-state index in [9.17, 15) is 0 Å². The van der Waals surface area contributed by atoms with Gasteiger partial charge in [-0.1, -0.05) is 35.5 Å². The summed E-state index contributed by atoms with van der Waals surface area (Å²) in [6.45, 7) is 5.91. The van der Waals surface area contributed by atoms with E-state index in [0.717, 1.165) is 5.56 Å². The summed E-state index contributed by atoms with van der Waals surface area (Å²) in [6, 6.07) is 13.6. The first kappa shape index (κ1) is 16.8. The van der Waals surface area contributed by atoms with Crippen LogP contribution in [0.3, 0.4) is 0 Å². The Labute approximate surface area is 151 Å². The van der Waals surface area contributed by atoms with Gasteiger partial charge in [0, 0.05) is 19.6 Å². The monoisotopic (exact) mass is 355 g/mol. The van der Waals surface area contributed by atoms with Crippen molar-refractivity contribution in [3.63, 3.8) is 0 Å². The molecule has 0 bridgehead atoms. The lowest BCUT2D eigenvalue weighted by Gasteiger charge is -2.36. The lowest BCUT2D eigenvalue weighted by molar-refractivity contribution is -0.00539. The van der Waals surface area contributed by atoms with E-state index >= 15 is 4.39 Å². The minimum atomic E-state index is -0.371. The van der Waals surface area contributed by atoms with Crippen molar-refractivity contribution >= 4 is 22.5 Å². The molecule has 6 heteroatoms. The maximum absolute atomic E-state index is 15.0. The number of fused-ring (bicyclic) bond motifs is 1. The summed E-state index contributed by atoms with van der Waals surface area (Å²) < 4.78 is 26.1. The molecule has 1 N–H and O–H groups in total. The molecule has 26 heavy (non-hydrogen) atoms. The van der Waals surface area contributed by atoms with Gasteiger partial charge >= 0.3 is 0 Å². The van der Waals surface area contributed by atoms with Gasteiger partial charge in [-0.3, -0.25) is 0 Å². The maximum atomic E-state index is 15.0. The molecule has 3 aromatic rings. The zero-order valence-corrected chi connectivity index (χ0v) is 14.9. The van der Waals surface area contributed by atoms with Crippen molar-refractivity contribution in [1.82, 2.24) is 5.16 Å². The molecule has 2 aromatic carbocycles. The van der Waals surface area contributed by atoms with Crippen molar-refractivity contribution in [1.29, 1.82) is 0 Å². The number of anilines is 2. The second-order valence-corrected chi connectivity index (χ2v) is 6.81. The van der Waals surface area contributed by atoms with Crippen LogP contribution in [-0.4, -0.2) is 30.5 Å². The molecule has 1 aliphatic rings. The van der Waals surface area contributed by atoms with Crippen LogP contribution in [0.15, 0.2) is 47.0 Å². The molecular weight excluding hydrogens is 333 g/mol.